The van der Waals surface area contributed by atoms with E-state index < -0.39 is 27.0 Å². The number of fused-ring (bicyclic) bond motifs is 1. The maximum atomic E-state index is 13.6. The molecule has 1 saturated heterocycles. The third-order valence-corrected chi connectivity index (χ3v) is 9.53. The normalized spacial score (nSPS) is 14.7. The van der Waals surface area contributed by atoms with Crippen molar-refractivity contribution in [1.82, 2.24) is 15.1 Å². The Morgan fingerprint density at radius 1 is 0.821 bits per heavy atom. The zero-order valence-electron chi connectivity index (χ0n) is 21.2. The molecule has 1 atom stereocenters. The second kappa shape index (κ2) is 11.0. The largest absolute Gasteiger partial charge is 0.336 e. The summed E-state index contributed by atoms with van der Waals surface area (Å²) in [5, 5.41) is 4.18. The molecule has 1 aliphatic rings. The molecule has 39 heavy (non-hydrogen) atoms. The Labute approximate surface area is 230 Å². The number of hydrogen-bond acceptors (Lipinski definition) is 6. The van der Waals surface area contributed by atoms with Crippen LogP contribution in [0.25, 0.3) is 10.8 Å². The minimum atomic E-state index is -4.25. The number of nitrogens with one attached hydrogen (secondary N) is 1. The Kier molecular flexibility index (Phi) is 7.49. The van der Waals surface area contributed by atoms with E-state index in [1.165, 1.54) is 17.0 Å². The standard InChI is InChI=1S/C29H27N3O5S2/c1-20-11-13-22(14-12-20)39(36,37)27(30-26(33)25-10-5-19-38-25)29(35)32-17-15-31(16-18-32)28(34)24-9-4-7-21-6-2-3-8-23(21)24/h2-14,19,27H,15-18H2,1H3,(H,30,33)/t27-/m1/s1. The van der Waals surface area contributed by atoms with E-state index >= 15 is 0 Å². The Bertz CT molecular complexity index is 1620. The van der Waals surface area contributed by atoms with E-state index in [9.17, 15) is 22.8 Å². The fraction of sp³-hybridized carbons (Fsp3) is 0.207. The predicted molar refractivity (Wildman–Crippen MR) is 150 cm³/mol. The van der Waals surface area contributed by atoms with Gasteiger partial charge in [-0.15, -0.1) is 11.3 Å². The molecule has 0 spiro atoms. The van der Waals surface area contributed by atoms with Crippen molar-refractivity contribution >= 4 is 49.7 Å². The van der Waals surface area contributed by atoms with Gasteiger partial charge in [0.25, 0.3) is 17.7 Å². The lowest BCUT2D eigenvalue weighted by Crippen LogP contribution is -2.57. The summed E-state index contributed by atoms with van der Waals surface area (Å²) in [6, 6.07) is 22.6. The third kappa shape index (κ3) is 5.43. The molecule has 10 heteroatoms. The minimum Gasteiger partial charge on any atom is -0.336 e. The van der Waals surface area contributed by atoms with E-state index in [1.54, 1.807) is 40.6 Å². The number of amides is 3. The fourth-order valence-corrected chi connectivity index (χ4v) is 6.70. The topological polar surface area (TPSA) is 104 Å². The summed E-state index contributed by atoms with van der Waals surface area (Å²) in [6.45, 7) is 2.60. The lowest BCUT2D eigenvalue weighted by atomic mass is 10.0. The summed E-state index contributed by atoms with van der Waals surface area (Å²) < 4.78 is 27.2. The van der Waals surface area contributed by atoms with Gasteiger partial charge >= 0.3 is 0 Å². The van der Waals surface area contributed by atoms with Gasteiger partial charge in [-0.25, -0.2) is 8.42 Å². The molecule has 1 aromatic heterocycles. The van der Waals surface area contributed by atoms with Crippen LogP contribution in [-0.2, 0) is 14.6 Å². The molecule has 0 unspecified atom stereocenters. The summed E-state index contributed by atoms with van der Waals surface area (Å²) in [5.41, 5.74) is 1.45. The lowest BCUT2D eigenvalue weighted by Gasteiger charge is -2.36. The number of sulfone groups is 1. The van der Waals surface area contributed by atoms with Gasteiger partial charge in [0.1, 0.15) is 0 Å². The Morgan fingerprint density at radius 2 is 1.49 bits per heavy atom. The van der Waals surface area contributed by atoms with E-state index in [0.29, 0.717) is 10.4 Å². The van der Waals surface area contributed by atoms with Crippen LogP contribution in [-0.4, -0.2) is 67.5 Å². The molecule has 4 aromatic rings. The van der Waals surface area contributed by atoms with Crippen LogP contribution in [0, 0.1) is 6.92 Å². The van der Waals surface area contributed by atoms with Crippen molar-refractivity contribution in [1.29, 1.82) is 0 Å². The number of piperazine rings is 1. The quantitative estimate of drug-likeness (QED) is 0.387. The highest BCUT2D eigenvalue weighted by atomic mass is 32.2. The maximum absolute atomic E-state index is 13.6. The number of aryl methyl sites for hydroxylation is 1. The Balaban J connectivity index is 1.35. The van der Waals surface area contributed by atoms with Gasteiger partial charge in [0.2, 0.25) is 15.2 Å². The van der Waals surface area contributed by atoms with Crippen molar-refractivity contribution in [2.45, 2.75) is 17.2 Å². The van der Waals surface area contributed by atoms with Gasteiger partial charge in [-0.3, -0.25) is 14.4 Å². The van der Waals surface area contributed by atoms with Gasteiger partial charge in [0, 0.05) is 31.7 Å². The van der Waals surface area contributed by atoms with Crippen molar-refractivity contribution in [3.63, 3.8) is 0 Å². The first-order chi connectivity index (χ1) is 18.8. The van der Waals surface area contributed by atoms with Crippen LogP contribution in [0.4, 0.5) is 0 Å². The first-order valence-corrected chi connectivity index (χ1v) is 14.9. The molecular formula is C29H27N3O5S2. The number of hydrogen-bond donors (Lipinski definition) is 1. The van der Waals surface area contributed by atoms with E-state index in [2.05, 4.69) is 5.32 Å². The summed E-state index contributed by atoms with van der Waals surface area (Å²) in [7, 11) is -4.25. The van der Waals surface area contributed by atoms with Crippen LogP contribution < -0.4 is 5.32 Å². The van der Waals surface area contributed by atoms with E-state index in [-0.39, 0.29) is 37.0 Å². The minimum absolute atomic E-state index is 0.0531. The van der Waals surface area contributed by atoms with E-state index in [0.717, 1.165) is 27.7 Å². The van der Waals surface area contributed by atoms with Crippen molar-refractivity contribution in [2.75, 3.05) is 26.2 Å². The van der Waals surface area contributed by atoms with Gasteiger partial charge in [-0.05, 0) is 47.3 Å². The van der Waals surface area contributed by atoms with Gasteiger partial charge < -0.3 is 15.1 Å². The van der Waals surface area contributed by atoms with Gasteiger partial charge in [0.05, 0.1) is 9.77 Å². The molecule has 3 amide bonds. The maximum Gasteiger partial charge on any atom is 0.262 e. The molecule has 200 valence electrons. The van der Waals surface area contributed by atoms with Crippen molar-refractivity contribution in [2.24, 2.45) is 0 Å². The van der Waals surface area contributed by atoms with Crippen LogP contribution in [0.15, 0.2) is 89.1 Å². The molecule has 1 fully saturated rings. The molecule has 0 radical (unpaired) electrons. The summed E-state index contributed by atoms with van der Waals surface area (Å²) in [6.07, 6.45) is 0. The average Bonchev–Trinajstić information content (AvgIpc) is 3.50. The highest BCUT2D eigenvalue weighted by Crippen LogP contribution is 2.22. The monoisotopic (exact) mass is 561 g/mol. The molecule has 0 aliphatic carbocycles. The number of rotatable bonds is 6. The number of benzene rings is 3. The molecule has 8 nitrogen and oxygen atoms in total. The molecule has 0 saturated carbocycles. The van der Waals surface area contributed by atoms with Crippen molar-refractivity contribution < 1.29 is 22.8 Å². The highest BCUT2D eigenvalue weighted by Gasteiger charge is 2.40. The van der Waals surface area contributed by atoms with Crippen LogP contribution in [0.2, 0.25) is 0 Å². The lowest BCUT2D eigenvalue weighted by molar-refractivity contribution is -0.132. The van der Waals surface area contributed by atoms with Crippen molar-refractivity contribution in [3.05, 3.63) is 100 Å². The molecule has 1 aliphatic heterocycles. The second-order valence-corrected chi connectivity index (χ2v) is 12.3. The van der Waals surface area contributed by atoms with E-state index in [1.807, 2.05) is 43.3 Å². The predicted octanol–water partition coefficient (Wildman–Crippen LogP) is 3.72. The Hall–Kier alpha value is -4.02. The average molecular weight is 562 g/mol. The van der Waals surface area contributed by atoms with E-state index in [4.69, 9.17) is 0 Å². The number of carbonyl (C=O) groups excluding carboxylic acids is 3. The number of carbonyl (C=O) groups is 3. The van der Waals surface area contributed by atoms with Gasteiger partial charge in [-0.2, -0.15) is 0 Å². The van der Waals surface area contributed by atoms with Gasteiger partial charge in [0.15, 0.2) is 0 Å². The third-order valence-electron chi connectivity index (χ3n) is 6.79. The molecule has 3 aromatic carbocycles. The summed E-state index contributed by atoms with van der Waals surface area (Å²) in [4.78, 5) is 43.2. The summed E-state index contributed by atoms with van der Waals surface area (Å²) >= 11 is 1.15. The molecule has 5 rings (SSSR count). The first-order valence-electron chi connectivity index (χ1n) is 12.5. The van der Waals surface area contributed by atoms with Crippen LogP contribution in [0.5, 0.6) is 0 Å². The SMILES string of the molecule is Cc1ccc(S(=O)(=O)[C@@H](NC(=O)c2cccs2)C(=O)N2CCN(C(=O)c3cccc4ccccc34)CC2)cc1. The highest BCUT2D eigenvalue weighted by molar-refractivity contribution is 7.92. The number of nitrogens with zero attached hydrogens (tertiary/aromatic N) is 2. The van der Waals surface area contributed by atoms with Crippen LogP contribution in [0.3, 0.4) is 0 Å². The second-order valence-electron chi connectivity index (χ2n) is 9.33. The van der Waals surface area contributed by atoms with Crippen LogP contribution >= 0.6 is 11.3 Å². The van der Waals surface area contributed by atoms with Gasteiger partial charge in [-0.1, -0.05) is 60.2 Å². The molecule has 1 N–H and O–H groups in total. The molecule has 2 heterocycles. The molecule has 0 bridgehead atoms. The Morgan fingerprint density at radius 3 is 2.18 bits per heavy atom. The molecular weight excluding hydrogens is 534 g/mol. The zero-order valence-corrected chi connectivity index (χ0v) is 22.9. The zero-order chi connectivity index (χ0) is 27.6. The number of thiophene rings is 1. The first kappa shape index (κ1) is 26.6. The van der Waals surface area contributed by atoms with Crippen LogP contribution in [0.1, 0.15) is 25.6 Å². The summed E-state index contributed by atoms with van der Waals surface area (Å²) in [5.74, 6) is -1.50. The fourth-order valence-electron chi connectivity index (χ4n) is 4.61. The van der Waals surface area contributed by atoms with Crippen molar-refractivity contribution in [3.8, 4) is 0 Å². The smallest absolute Gasteiger partial charge is 0.262 e.